The molecule has 4 atom stereocenters. The van der Waals surface area contributed by atoms with Gasteiger partial charge in [0, 0.05) is 18.0 Å². The summed E-state index contributed by atoms with van der Waals surface area (Å²) in [5, 5.41) is 0. The topological polar surface area (TPSA) is 38.8 Å². The predicted molar refractivity (Wildman–Crippen MR) is 87.5 cm³/mol. The zero-order chi connectivity index (χ0) is 16.0. The Balaban J connectivity index is 1.62. The van der Waals surface area contributed by atoms with Crippen LogP contribution in [0.5, 0.6) is 5.75 Å². The van der Waals surface area contributed by atoms with Crippen molar-refractivity contribution in [3.05, 3.63) is 29.8 Å². The number of nitrogens with zero attached hydrogens (tertiary/aromatic N) is 1. The van der Waals surface area contributed by atoms with Crippen molar-refractivity contribution in [1.29, 1.82) is 0 Å². The molecule has 1 aliphatic carbocycles. The van der Waals surface area contributed by atoms with E-state index in [0.717, 1.165) is 31.4 Å². The Morgan fingerprint density at radius 3 is 2.52 bits per heavy atom. The highest BCUT2D eigenvalue weighted by atomic mass is 16.5. The molecule has 0 N–H and O–H groups in total. The molecule has 124 valence electrons. The van der Waals surface area contributed by atoms with Gasteiger partial charge in [0.05, 0.1) is 13.0 Å². The Hall–Kier alpha value is -1.55. The third-order valence-electron chi connectivity index (χ3n) is 5.89. The van der Waals surface area contributed by atoms with Gasteiger partial charge in [-0.05, 0) is 56.8 Å². The van der Waals surface area contributed by atoms with E-state index in [-0.39, 0.29) is 23.9 Å². The smallest absolute Gasteiger partial charge is 0.311 e. The lowest BCUT2D eigenvalue weighted by atomic mass is 9.76. The maximum Gasteiger partial charge on any atom is 0.311 e. The summed E-state index contributed by atoms with van der Waals surface area (Å²) in [6.07, 6.45) is 5.61. The zero-order valence-corrected chi connectivity index (χ0v) is 13.9. The summed E-state index contributed by atoms with van der Waals surface area (Å²) in [7, 11) is 3.85. The Bertz CT molecular complexity index is 581. The molecule has 2 saturated heterocycles. The van der Waals surface area contributed by atoms with Crippen LogP contribution in [0.25, 0.3) is 0 Å². The van der Waals surface area contributed by atoms with Crippen LogP contribution in [0, 0.1) is 5.92 Å². The molecule has 4 heteroatoms. The van der Waals surface area contributed by atoms with E-state index in [9.17, 15) is 4.79 Å². The quantitative estimate of drug-likeness (QED) is 0.801. The second kappa shape index (κ2) is 5.82. The highest BCUT2D eigenvalue weighted by Gasteiger charge is 2.50. The van der Waals surface area contributed by atoms with Gasteiger partial charge in [0.2, 0.25) is 0 Å². The average Bonchev–Trinajstić information content (AvgIpc) is 3.34. The SMILES string of the molecule is COc1ccc([C@H]2C[C@@H]3CC[C@H]([C@H]2C(=O)OC2CC2)N3C)cc1. The lowest BCUT2D eigenvalue weighted by molar-refractivity contribution is -0.154. The van der Waals surface area contributed by atoms with Crippen molar-refractivity contribution in [2.75, 3.05) is 14.2 Å². The van der Waals surface area contributed by atoms with Gasteiger partial charge in [-0.15, -0.1) is 0 Å². The van der Waals surface area contributed by atoms with E-state index < -0.39 is 0 Å². The lowest BCUT2D eigenvalue weighted by Gasteiger charge is -2.42. The van der Waals surface area contributed by atoms with Crippen molar-refractivity contribution in [2.24, 2.45) is 5.92 Å². The molecule has 1 aromatic carbocycles. The molecule has 2 bridgehead atoms. The van der Waals surface area contributed by atoms with Gasteiger partial charge in [0.25, 0.3) is 0 Å². The Morgan fingerprint density at radius 1 is 1.13 bits per heavy atom. The molecular weight excluding hydrogens is 290 g/mol. The third kappa shape index (κ3) is 2.74. The average molecular weight is 315 g/mol. The summed E-state index contributed by atoms with van der Waals surface area (Å²) in [6, 6.07) is 9.15. The summed E-state index contributed by atoms with van der Waals surface area (Å²) in [6.45, 7) is 0. The fourth-order valence-electron chi connectivity index (χ4n) is 4.41. The standard InChI is InChI=1S/C19H25NO3/c1-20-13-5-10-17(20)18(19(21)23-15-8-9-15)16(11-13)12-3-6-14(22-2)7-4-12/h3-4,6-7,13,15-18H,5,8-11H2,1-2H3/t13-,16+,17+,18-/m0/s1. The predicted octanol–water partition coefficient (Wildman–Crippen LogP) is 2.97. The molecule has 3 fully saturated rings. The van der Waals surface area contributed by atoms with E-state index in [1.165, 1.54) is 12.0 Å². The van der Waals surface area contributed by atoms with Crippen molar-refractivity contribution < 1.29 is 14.3 Å². The molecule has 0 unspecified atom stereocenters. The molecule has 0 spiro atoms. The van der Waals surface area contributed by atoms with Crippen LogP contribution in [0.15, 0.2) is 24.3 Å². The van der Waals surface area contributed by atoms with Gasteiger partial charge in [0.15, 0.2) is 0 Å². The van der Waals surface area contributed by atoms with Crippen LogP contribution in [-0.4, -0.2) is 43.2 Å². The number of carbonyl (C=O) groups is 1. The van der Waals surface area contributed by atoms with E-state index in [4.69, 9.17) is 9.47 Å². The number of rotatable bonds is 4. The van der Waals surface area contributed by atoms with Crippen LogP contribution in [0.3, 0.4) is 0 Å². The Kier molecular flexibility index (Phi) is 3.80. The van der Waals surface area contributed by atoms with E-state index >= 15 is 0 Å². The van der Waals surface area contributed by atoms with Crippen LogP contribution in [0.4, 0.5) is 0 Å². The summed E-state index contributed by atoms with van der Waals surface area (Å²) in [5.74, 6) is 1.11. The highest BCUT2D eigenvalue weighted by molar-refractivity contribution is 5.75. The molecular formula is C19H25NO3. The van der Waals surface area contributed by atoms with Gasteiger partial charge in [-0.25, -0.2) is 0 Å². The molecule has 0 amide bonds. The number of ether oxygens (including phenoxy) is 2. The first-order valence-electron chi connectivity index (χ1n) is 8.73. The van der Waals surface area contributed by atoms with Gasteiger partial charge in [-0.2, -0.15) is 0 Å². The van der Waals surface area contributed by atoms with Crippen LogP contribution in [0.2, 0.25) is 0 Å². The minimum absolute atomic E-state index is 0.0190. The second-order valence-electron chi connectivity index (χ2n) is 7.24. The van der Waals surface area contributed by atoms with Crippen molar-refractivity contribution >= 4 is 5.97 Å². The highest BCUT2D eigenvalue weighted by Crippen LogP contribution is 2.47. The molecule has 0 radical (unpaired) electrons. The van der Waals surface area contributed by atoms with Gasteiger partial charge in [-0.1, -0.05) is 12.1 Å². The number of fused-ring (bicyclic) bond motifs is 2. The van der Waals surface area contributed by atoms with E-state index in [2.05, 4.69) is 24.1 Å². The summed E-state index contributed by atoms with van der Waals surface area (Å²) in [4.78, 5) is 15.2. The van der Waals surface area contributed by atoms with Gasteiger partial charge in [-0.3, -0.25) is 9.69 Å². The molecule has 3 aliphatic rings. The normalized spacial score (nSPS) is 33.5. The fraction of sp³-hybridized carbons (Fsp3) is 0.632. The van der Waals surface area contributed by atoms with Crippen molar-refractivity contribution in [3.63, 3.8) is 0 Å². The van der Waals surface area contributed by atoms with E-state index in [1.807, 2.05) is 12.1 Å². The second-order valence-corrected chi connectivity index (χ2v) is 7.24. The van der Waals surface area contributed by atoms with Crippen LogP contribution in [0.1, 0.15) is 43.6 Å². The van der Waals surface area contributed by atoms with Gasteiger partial charge < -0.3 is 9.47 Å². The summed E-state index contributed by atoms with van der Waals surface area (Å²) < 4.78 is 11.0. The van der Waals surface area contributed by atoms with Crippen molar-refractivity contribution in [1.82, 2.24) is 4.90 Å². The number of carbonyl (C=O) groups excluding carboxylic acids is 1. The van der Waals surface area contributed by atoms with Crippen molar-refractivity contribution in [3.8, 4) is 5.75 Å². The fourth-order valence-corrected chi connectivity index (χ4v) is 4.41. The number of hydrogen-bond donors (Lipinski definition) is 0. The first kappa shape index (κ1) is 15.0. The summed E-state index contributed by atoms with van der Waals surface area (Å²) >= 11 is 0. The van der Waals surface area contributed by atoms with Crippen LogP contribution >= 0.6 is 0 Å². The van der Waals surface area contributed by atoms with E-state index in [0.29, 0.717) is 12.1 Å². The maximum absolute atomic E-state index is 12.8. The third-order valence-corrected chi connectivity index (χ3v) is 5.89. The number of esters is 1. The van der Waals surface area contributed by atoms with Gasteiger partial charge in [0.1, 0.15) is 11.9 Å². The first-order valence-corrected chi connectivity index (χ1v) is 8.73. The first-order chi connectivity index (χ1) is 11.2. The number of piperidine rings is 1. The molecule has 2 aliphatic heterocycles. The molecule has 0 aromatic heterocycles. The van der Waals surface area contributed by atoms with E-state index in [1.54, 1.807) is 7.11 Å². The van der Waals surface area contributed by atoms with Crippen LogP contribution < -0.4 is 4.74 Å². The minimum atomic E-state index is -0.0345. The molecule has 1 aromatic rings. The molecule has 4 nitrogen and oxygen atoms in total. The number of hydrogen-bond acceptors (Lipinski definition) is 4. The monoisotopic (exact) mass is 315 g/mol. The Morgan fingerprint density at radius 2 is 1.87 bits per heavy atom. The largest absolute Gasteiger partial charge is 0.497 e. The lowest BCUT2D eigenvalue weighted by Crippen LogP contribution is -2.49. The number of benzene rings is 1. The maximum atomic E-state index is 12.8. The molecule has 23 heavy (non-hydrogen) atoms. The molecule has 1 saturated carbocycles. The molecule has 2 heterocycles. The van der Waals surface area contributed by atoms with Crippen LogP contribution in [-0.2, 0) is 9.53 Å². The van der Waals surface area contributed by atoms with Gasteiger partial charge >= 0.3 is 5.97 Å². The zero-order valence-electron chi connectivity index (χ0n) is 13.9. The Labute approximate surface area is 137 Å². The molecule has 4 rings (SSSR count). The number of methoxy groups -OCH3 is 1. The minimum Gasteiger partial charge on any atom is -0.497 e. The van der Waals surface area contributed by atoms with Crippen molar-refractivity contribution in [2.45, 2.75) is 56.2 Å². The summed E-state index contributed by atoms with van der Waals surface area (Å²) in [5.41, 5.74) is 1.24.